The van der Waals surface area contributed by atoms with Gasteiger partial charge < -0.3 is 4.74 Å². The summed E-state index contributed by atoms with van der Waals surface area (Å²) < 4.78 is 4.92. The van der Waals surface area contributed by atoms with Crippen LogP contribution in [0, 0.1) is 0 Å². The van der Waals surface area contributed by atoms with Crippen molar-refractivity contribution in [3.05, 3.63) is 0 Å². The Morgan fingerprint density at radius 3 is 2.75 bits per heavy atom. The van der Waals surface area contributed by atoms with Crippen LogP contribution in [0.1, 0.15) is 13.3 Å². The maximum Gasteiger partial charge on any atom is 0.164 e. The van der Waals surface area contributed by atoms with Crippen molar-refractivity contribution in [1.29, 1.82) is 0 Å². The van der Waals surface area contributed by atoms with Gasteiger partial charge in [0.25, 0.3) is 0 Å². The second-order valence-corrected chi connectivity index (χ2v) is 1.96. The maximum absolute atomic E-state index is 4.92. The zero-order valence-corrected chi connectivity index (χ0v) is 6.35. The predicted octanol–water partition coefficient (Wildman–Crippen LogP) is 1.74. The van der Waals surface area contributed by atoms with Crippen LogP contribution < -0.4 is 0 Å². The number of thiocarbonyl (C=S) groups is 2. The summed E-state index contributed by atoms with van der Waals surface area (Å²) in [5, 5.41) is 2.15. The molecule has 0 spiro atoms. The molecule has 0 heterocycles. The van der Waals surface area contributed by atoms with E-state index < -0.39 is 0 Å². The standard InChI is InChI=1S/C5H8OS2/c1-2-6-5(8)3-4-7/h4H,2-3H2,1H3. The van der Waals surface area contributed by atoms with E-state index in [4.69, 9.17) is 17.0 Å². The van der Waals surface area contributed by atoms with Crippen LogP contribution in [0.2, 0.25) is 0 Å². The lowest BCUT2D eigenvalue weighted by atomic mass is 10.5. The van der Waals surface area contributed by atoms with E-state index in [0.717, 1.165) is 0 Å². The molecular formula is C5H8OS2. The lowest BCUT2D eigenvalue weighted by Crippen LogP contribution is -1.99. The van der Waals surface area contributed by atoms with Crippen molar-refractivity contribution < 1.29 is 4.74 Å². The Hall–Kier alpha value is -0.0200. The third-order valence-electron chi connectivity index (χ3n) is 0.555. The van der Waals surface area contributed by atoms with Gasteiger partial charge in [0.1, 0.15) is 0 Å². The highest BCUT2D eigenvalue weighted by Gasteiger charge is 1.88. The molecule has 3 heteroatoms. The fourth-order valence-electron chi connectivity index (χ4n) is 0.288. The highest BCUT2D eigenvalue weighted by Crippen LogP contribution is 1.85. The first-order chi connectivity index (χ1) is 3.81. The molecule has 0 radical (unpaired) electrons. The molecule has 0 atom stereocenters. The fourth-order valence-corrected chi connectivity index (χ4v) is 0.746. The van der Waals surface area contributed by atoms with Crippen molar-refractivity contribution in [2.45, 2.75) is 13.3 Å². The summed E-state index contributed by atoms with van der Waals surface area (Å²) in [6, 6.07) is 0. The van der Waals surface area contributed by atoms with Gasteiger partial charge in [0.05, 0.1) is 6.61 Å². The van der Waals surface area contributed by atoms with E-state index in [2.05, 4.69) is 12.2 Å². The Morgan fingerprint density at radius 2 is 2.38 bits per heavy atom. The van der Waals surface area contributed by atoms with Gasteiger partial charge in [-0.3, -0.25) is 0 Å². The van der Waals surface area contributed by atoms with Gasteiger partial charge in [0, 0.05) is 6.42 Å². The van der Waals surface area contributed by atoms with E-state index in [9.17, 15) is 0 Å². The molecule has 0 bridgehead atoms. The zero-order valence-electron chi connectivity index (χ0n) is 4.72. The number of ether oxygens (including phenoxy) is 1. The first-order valence-corrected chi connectivity index (χ1v) is 3.28. The summed E-state index contributed by atoms with van der Waals surface area (Å²) in [6.45, 7) is 2.54. The second-order valence-electron chi connectivity index (χ2n) is 1.18. The molecule has 0 aromatic rings. The molecule has 1 nitrogen and oxygen atoms in total. The maximum atomic E-state index is 4.92. The molecule has 8 heavy (non-hydrogen) atoms. The third-order valence-corrected chi connectivity index (χ3v) is 1.01. The van der Waals surface area contributed by atoms with E-state index >= 15 is 0 Å². The van der Waals surface area contributed by atoms with Gasteiger partial charge in [-0.25, -0.2) is 0 Å². The molecule has 0 aromatic heterocycles. The van der Waals surface area contributed by atoms with Crippen LogP contribution in [0.4, 0.5) is 0 Å². The van der Waals surface area contributed by atoms with E-state index in [0.29, 0.717) is 18.1 Å². The highest BCUT2D eigenvalue weighted by molar-refractivity contribution is 7.81. The highest BCUT2D eigenvalue weighted by atomic mass is 32.1. The normalized spacial score (nSPS) is 8.12. The fraction of sp³-hybridized carbons (Fsp3) is 0.600. The predicted molar refractivity (Wildman–Crippen MR) is 42.5 cm³/mol. The molecular weight excluding hydrogens is 140 g/mol. The average molecular weight is 148 g/mol. The van der Waals surface area contributed by atoms with Crippen molar-refractivity contribution >= 4 is 34.9 Å². The van der Waals surface area contributed by atoms with Crippen molar-refractivity contribution in [3.8, 4) is 0 Å². The zero-order chi connectivity index (χ0) is 6.41. The molecule has 0 unspecified atom stereocenters. The van der Waals surface area contributed by atoms with Gasteiger partial charge in [-0.05, 0) is 24.5 Å². The van der Waals surface area contributed by atoms with Gasteiger partial charge in [-0.1, -0.05) is 12.2 Å². The number of hydrogen-bond donors (Lipinski definition) is 0. The van der Waals surface area contributed by atoms with Gasteiger partial charge in [0.15, 0.2) is 5.05 Å². The molecule has 0 N–H and O–H groups in total. The second kappa shape index (κ2) is 5.12. The first kappa shape index (κ1) is 7.98. The molecule has 0 saturated heterocycles. The molecule has 46 valence electrons. The molecule has 0 aliphatic carbocycles. The van der Waals surface area contributed by atoms with Crippen LogP contribution in [0.3, 0.4) is 0 Å². The quantitative estimate of drug-likeness (QED) is 0.564. The van der Waals surface area contributed by atoms with Crippen molar-refractivity contribution in [3.63, 3.8) is 0 Å². The van der Waals surface area contributed by atoms with Gasteiger partial charge >= 0.3 is 0 Å². The smallest absolute Gasteiger partial charge is 0.164 e. The minimum atomic E-state index is 0.586. The molecule has 0 amide bonds. The van der Waals surface area contributed by atoms with E-state index in [-0.39, 0.29) is 0 Å². The average Bonchev–Trinajstić information content (AvgIpc) is 1.68. The van der Waals surface area contributed by atoms with E-state index in [1.807, 2.05) is 6.92 Å². The monoisotopic (exact) mass is 148 g/mol. The lowest BCUT2D eigenvalue weighted by Gasteiger charge is -1.98. The Labute approximate surface area is 60.0 Å². The van der Waals surface area contributed by atoms with Crippen molar-refractivity contribution in [2.75, 3.05) is 6.61 Å². The van der Waals surface area contributed by atoms with Crippen molar-refractivity contribution in [1.82, 2.24) is 0 Å². The molecule has 0 fully saturated rings. The Bertz CT molecular complexity index is 90.4. The number of rotatable bonds is 3. The summed E-state index contributed by atoms with van der Waals surface area (Å²) in [5.41, 5.74) is 0. The van der Waals surface area contributed by atoms with Crippen LogP contribution >= 0.6 is 24.4 Å². The topological polar surface area (TPSA) is 9.23 Å². The van der Waals surface area contributed by atoms with Crippen LogP contribution in [0.5, 0.6) is 0 Å². The summed E-state index contributed by atoms with van der Waals surface area (Å²) in [6.07, 6.45) is 0.610. The summed E-state index contributed by atoms with van der Waals surface area (Å²) >= 11 is 9.28. The minimum absolute atomic E-state index is 0.586. The third kappa shape index (κ3) is 4.15. The van der Waals surface area contributed by atoms with Crippen LogP contribution in [-0.2, 0) is 4.74 Å². The van der Waals surface area contributed by atoms with Crippen LogP contribution in [0.15, 0.2) is 0 Å². The van der Waals surface area contributed by atoms with Gasteiger partial charge in [-0.15, -0.1) is 0 Å². The Morgan fingerprint density at radius 1 is 1.75 bits per heavy atom. The van der Waals surface area contributed by atoms with E-state index in [1.165, 1.54) is 0 Å². The van der Waals surface area contributed by atoms with Crippen LogP contribution in [-0.4, -0.2) is 17.0 Å². The molecule has 0 saturated carbocycles. The molecule has 0 rings (SSSR count). The molecule has 0 aliphatic heterocycles. The summed E-state index contributed by atoms with van der Waals surface area (Å²) in [7, 11) is 0. The Kier molecular flexibility index (Phi) is 5.11. The Balaban J connectivity index is 3.18. The molecule has 0 aromatic carbocycles. The SMILES string of the molecule is CCOC(=S)CC=S. The van der Waals surface area contributed by atoms with Crippen molar-refractivity contribution in [2.24, 2.45) is 0 Å². The van der Waals surface area contributed by atoms with Gasteiger partial charge in [0.2, 0.25) is 0 Å². The first-order valence-electron chi connectivity index (χ1n) is 2.40. The largest absolute Gasteiger partial charge is 0.487 e. The summed E-state index contributed by atoms with van der Waals surface area (Å²) in [5.74, 6) is 0. The molecule has 0 aliphatic rings. The van der Waals surface area contributed by atoms with Crippen LogP contribution in [0.25, 0.3) is 0 Å². The lowest BCUT2D eigenvalue weighted by molar-refractivity contribution is 0.332. The minimum Gasteiger partial charge on any atom is -0.487 e. The van der Waals surface area contributed by atoms with Gasteiger partial charge in [-0.2, -0.15) is 0 Å². The number of hydrogen-bond acceptors (Lipinski definition) is 3. The van der Waals surface area contributed by atoms with E-state index in [1.54, 1.807) is 5.37 Å². The summed E-state index contributed by atoms with van der Waals surface area (Å²) in [4.78, 5) is 0.